The summed E-state index contributed by atoms with van der Waals surface area (Å²) in [6, 6.07) is 1.28. The van der Waals surface area contributed by atoms with E-state index >= 15 is 0 Å². The van der Waals surface area contributed by atoms with Crippen LogP contribution in [0.1, 0.15) is 26.7 Å². The van der Waals surface area contributed by atoms with Gasteiger partial charge in [-0.2, -0.15) is 15.0 Å². The second-order valence-corrected chi connectivity index (χ2v) is 5.61. The number of nitrogens with two attached hydrogens (primary N) is 1. The molecule has 116 valence electrons. The first-order valence-electron chi connectivity index (χ1n) is 7.57. The van der Waals surface area contributed by atoms with Crippen LogP contribution in [0.25, 0.3) is 0 Å². The van der Waals surface area contributed by atoms with Crippen molar-refractivity contribution in [2.24, 2.45) is 5.84 Å². The molecule has 2 atom stereocenters. The van der Waals surface area contributed by atoms with Crippen molar-refractivity contribution in [3.63, 3.8) is 0 Å². The molecule has 0 bridgehead atoms. The molecule has 2 unspecified atom stereocenters. The van der Waals surface area contributed by atoms with Crippen molar-refractivity contribution >= 4 is 11.9 Å². The van der Waals surface area contributed by atoms with Crippen LogP contribution in [-0.2, 0) is 0 Å². The Morgan fingerprint density at radius 2 is 2.19 bits per heavy atom. The standard InChI is InChI=1S/C13H23N7O/c1-3-21-13-16-11(18-14)15-12(17-13)20-8-10-5-4-6-19(10)7-9(20)2/h9-10H,3-8,14H2,1-2H3,(H,15,16,17,18). The summed E-state index contributed by atoms with van der Waals surface area (Å²) < 4.78 is 5.41. The Balaban J connectivity index is 1.85. The largest absolute Gasteiger partial charge is 0.464 e. The molecule has 2 saturated heterocycles. The number of hydrogen-bond donors (Lipinski definition) is 2. The molecule has 2 aliphatic rings. The molecule has 1 aromatic heterocycles. The Hall–Kier alpha value is -1.67. The molecule has 0 aliphatic carbocycles. The van der Waals surface area contributed by atoms with Gasteiger partial charge in [-0.15, -0.1) is 0 Å². The number of rotatable bonds is 4. The van der Waals surface area contributed by atoms with Gasteiger partial charge in [0.05, 0.1) is 6.61 Å². The fraction of sp³-hybridized carbons (Fsp3) is 0.769. The number of hydrazine groups is 1. The number of ether oxygens (including phenoxy) is 1. The first kappa shape index (κ1) is 14.3. The molecule has 2 aliphatic heterocycles. The van der Waals surface area contributed by atoms with Gasteiger partial charge in [-0.3, -0.25) is 10.3 Å². The minimum Gasteiger partial charge on any atom is -0.464 e. The molecule has 3 heterocycles. The number of fused-ring (bicyclic) bond motifs is 1. The number of anilines is 2. The van der Waals surface area contributed by atoms with E-state index in [0.717, 1.165) is 13.1 Å². The average molecular weight is 293 g/mol. The maximum atomic E-state index is 5.45. The van der Waals surface area contributed by atoms with Crippen LogP contribution in [0.5, 0.6) is 6.01 Å². The highest BCUT2D eigenvalue weighted by molar-refractivity contribution is 5.40. The van der Waals surface area contributed by atoms with Gasteiger partial charge in [0.2, 0.25) is 11.9 Å². The van der Waals surface area contributed by atoms with Crippen molar-refractivity contribution in [3.8, 4) is 6.01 Å². The molecule has 3 N–H and O–H groups in total. The van der Waals surface area contributed by atoms with E-state index in [-0.39, 0.29) is 0 Å². The highest BCUT2D eigenvalue weighted by Gasteiger charge is 2.35. The summed E-state index contributed by atoms with van der Waals surface area (Å²) in [5.74, 6) is 6.43. The van der Waals surface area contributed by atoms with Gasteiger partial charge >= 0.3 is 6.01 Å². The van der Waals surface area contributed by atoms with Gasteiger partial charge in [0, 0.05) is 25.2 Å². The second kappa shape index (κ2) is 5.98. The van der Waals surface area contributed by atoms with Crippen molar-refractivity contribution in [2.75, 3.05) is 36.6 Å². The summed E-state index contributed by atoms with van der Waals surface area (Å²) in [6.45, 7) is 7.82. The Morgan fingerprint density at radius 1 is 1.33 bits per heavy atom. The lowest BCUT2D eigenvalue weighted by Crippen LogP contribution is -2.55. The van der Waals surface area contributed by atoms with E-state index in [1.807, 2.05) is 6.92 Å². The quantitative estimate of drug-likeness (QED) is 0.602. The third-order valence-corrected chi connectivity index (χ3v) is 4.20. The van der Waals surface area contributed by atoms with E-state index in [9.17, 15) is 0 Å². The van der Waals surface area contributed by atoms with Crippen LogP contribution in [0.15, 0.2) is 0 Å². The van der Waals surface area contributed by atoms with Crippen molar-refractivity contribution in [1.82, 2.24) is 19.9 Å². The molecule has 2 fully saturated rings. The minimum absolute atomic E-state index is 0.316. The van der Waals surface area contributed by atoms with Crippen molar-refractivity contribution in [2.45, 2.75) is 38.8 Å². The fourth-order valence-electron chi connectivity index (χ4n) is 3.20. The van der Waals surface area contributed by atoms with E-state index < -0.39 is 0 Å². The number of nitrogens with one attached hydrogen (secondary N) is 1. The Bertz CT molecular complexity index is 497. The van der Waals surface area contributed by atoms with Crippen LogP contribution >= 0.6 is 0 Å². The molecule has 8 nitrogen and oxygen atoms in total. The highest BCUT2D eigenvalue weighted by atomic mass is 16.5. The van der Waals surface area contributed by atoms with Gasteiger partial charge in [0.25, 0.3) is 0 Å². The van der Waals surface area contributed by atoms with Gasteiger partial charge in [-0.05, 0) is 33.2 Å². The smallest absolute Gasteiger partial charge is 0.323 e. The van der Waals surface area contributed by atoms with Crippen LogP contribution in [0, 0.1) is 0 Å². The number of nitrogens with zero attached hydrogens (tertiary/aromatic N) is 5. The number of piperazine rings is 1. The molecular weight excluding hydrogens is 270 g/mol. The SMILES string of the molecule is CCOc1nc(NN)nc(N2CC3CCCN3CC2C)n1. The summed E-state index contributed by atoms with van der Waals surface area (Å²) in [7, 11) is 0. The monoisotopic (exact) mass is 293 g/mol. The summed E-state index contributed by atoms with van der Waals surface area (Å²) in [5.41, 5.74) is 2.49. The maximum absolute atomic E-state index is 5.45. The van der Waals surface area contributed by atoms with E-state index in [2.05, 4.69) is 37.1 Å². The lowest BCUT2D eigenvalue weighted by Gasteiger charge is -2.42. The van der Waals surface area contributed by atoms with E-state index in [1.54, 1.807) is 0 Å². The van der Waals surface area contributed by atoms with Gasteiger partial charge < -0.3 is 9.64 Å². The lowest BCUT2D eigenvalue weighted by atomic mass is 10.1. The van der Waals surface area contributed by atoms with Crippen LogP contribution in [0.4, 0.5) is 11.9 Å². The van der Waals surface area contributed by atoms with E-state index in [4.69, 9.17) is 10.6 Å². The third kappa shape index (κ3) is 2.86. The normalized spacial score (nSPS) is 25.8. The lowest BCUT2D eigenvalue weighted by molar-refractivity contribution is 0.201. The fourth-order valence-corrected chi connectivity index (χ4v) is 3.20. The molecule has 0 amide bonds. The molecule has 8 heteroatoms. The van der Waals surface area contributed by atoms with Gasteiger partial charge in [-0.25, -0.2) is 5.84 Å². The Labute approximate surface area is 124 Å². The zero-order valence-electron chi connectivity index (χ0n) is 12.6. The van der Waals surface area contributed by atoms with Crippen LogP contribution in [0.3, 0.4) is 0 Å². The van der Waals surface area contributed by atoms with Crippen molar-refractivity contribution < 1.29 is 4.74 Å². The maximum Gasteiger partial charge on any atom is 0.323 e. The zero-order valence-corrected chi connectivity index (χ0v) is 12.6. The van der Waals surface area contributed by atoms with E-state index in [1.165, 1.54) is 19.4 Å². The zero-order chi connectivity index (χ0) is 14.8. The highest BCUT2D eigenvalue weighted by Crippen LogP contribution is 2.27. The number of hydrogen-bond acceptors (Lipinski definition) is 8. The number of nitrogen functional groups attached to an aromatic ring is 1. The van der Waals surface area contributed by atoms with Crippen LogP contribution in [0.2, 0.25) is 0 Å². The number of aromatic nitrogens is 3. The Morgan fingerprint density at radius 3 is 2.95 bits per heavy atom. The Kier molecular flexibility index (Phi) is 4.07. The van der Waals surface area contributed by atoms with E-state index in [0.29, 0.717) is 36.6 Å². The third-order valence-electron chi connectivity index (χ3n) is 4.20. The summed E-state index contributed by atoms with van der Waals surface area (Å²) in [4.78, 5) is 17.7. The van der Waals surface area contributed by atoms with Crippen LogP contribution in [-0.4, -0.2) is 58.2 Å². The molecule has 0 aromatic carbocycles. The molecule has 21 heavy (non-hydrogen) atoms. The molecule has 0 radical (unpaired) electrons. The first-order chi connectivity index (χ1) is 10.2. The molecule has 1 aromatic rings. The molecular formula is C13H23N7O. The molecule has 3 rings (SSSR count). The summed E-state index contributed by atoms with van der Waals surface area (Å²) in [6.07, 6.45) is 2.52. The minimum atomic E-state index is 0.316. The first-order valence-corrected chi connectivity index (χ1v) is 7.57. The average Bonchev–Trinajstić information content (AvgIpc) is 2.93. The second-order valence-electron chi connectivity index (χ2n) is 5.61. The van der Waals surface area contributed by atoms with Crippen LogP contribution < -0.4 is 20.9 Å². The van der Waals surface area contributed by atoms with Gasteiger partial charge in [0.1, 0.15) is 0 Å². The van der Waals surface area contributed by atoms with Crippen molar-refractivity contribution in [1.29, 1.82) is 0 Å². The summed E-state index contributed by atoms with van der Waals surface area (Å²) >= 11 is 0. The predicted octanol–water partition coefficient (Wildman–Crippen LogP) is 0.229. The topological polar surface area (TPSA) is 92.4 Å². The molecule has 0 saturated carbocycles. The molecule has 0 spiro atoms. The summed E-state index contributed by atoms with van der Waals surface area (Å²) in [5, 5.41) is 0. The van der Waals surface area contributed by atoms with Gasteiger partial charge in [0.15, 0.2) is 0 Å². The van der Waals surface area contributed by atoms with Crippen molar-refractivity contribution in [3.05, 3.63) is 0 Å². The van der Waals surface area contributed by atoms with Gasteiger partial charge in [-0.1, -0.05) is 0 Å². The predicted molar refractivity (Wildman–Crippen MR) is 80.2 cm³/mol.